The Balaban J connectivity index is 2.17. The minimum absolute atomic E-state index is 0.232. The van der Waals surface area contributed by atoms with Gasteiger partial charge in [-0.2, -0.15) is 11.8 Å². The molecule has 1 fully saturated rings. The number of aliphatic hydroxyl groups excluding tert-OH is 1. The molecule has 0 heterocycles. The molecule has 1 aliphatic carbocycles. The lowest BCUT2D eigenvalue weighted by Gasteiger charge is -2.19. The Morgan fingerprint density at radius 2 is 2.45 bits per heavy atom. The van der Waals surface area contributed by atoms with E-state index in [1.807, 2.05) is 0 Å². The minimum Gasteiger partial charge on any atom is -0.396 e. The van der Waals surface area contributed by atoms with Gasteiger partial charge in [0.1, 0.15) is 5.78 Å². The zero-order valence-electron chi connectivity index (χ0n) is 6.58. The zero-order chi connectivity index (χ0) is 8.10. The summed E-state index contributed by atoms with van der Waals surface area (Å²) < 4.78 is 0. The summed E-state index contributed by atoms with van der Waals surface area (Å²) in [5, 5.41) is 9.05. The standard InChI is InChI=1S/C8H14O2S/c9-4-5-11-8-3-1-2-7(10)6-8/h8-9H,1-6H2. The Labute approximate surface area is 71.4 Å². The molecule has 0 radical (unpaired) electrons. The van der Waals surface area contributed by atoms with Gasteiger partial charge in [0.05, 0.1) is 6.61 Å². The summed E-state index contributed by atoms with van der Waals surface area (Å²) in [6.45, 7) is 0.232. The summed E-state index contributed by atoms with van der Waals surface area (Å²) in [6, 6.07) is 0. The van der Waals surface area contributed by atoms with Crippen LogP contribution in [-0.2, 0) is 4.79 Å². The third-order valence-electron chi connectivity index (χ3n) is 1.88. The topological polar surface area (TPSA) is 37.3 Å². The molecule has 1 unspecified atom stereocenters. The molecule has 11 heavy (non-hydrogen) atoms. The Morgan fingerprint density at radius 3 is 3.09 bits per heavy atom. The zero-order valence-corrected chi connectivity index (χ0v) is 7.40. The molecule has 2 nitrogen and oxygen atoms in total. The normalized spacial score (nSPS) is 25.5. The Morgan fingerprint density at radius 1 is 1.64 bits per heavy atom. The van der Waals surface area contributed by atoms with Crippen LogP contribution in [0.1, 0.15) is 25.7 Å². The summed E-state index contributed by atoms with van der Waals surface area (Å²) in [4.78, 5) is 11.0. The van der Waals surface area contributed by atoms with Crippen molar-refractivity contribution in [3.63, 3.8) is 0 Å². The molecule has 64 valence electrons. The van der Waals surface area contributed by atoms with E-state index in [0.29, 0.717) is 11.0 Å². The molecule has 0 aliphatic heterocycles. The summed E-state index contributed by atoms with van der Waals surface area (Å²) in [5.74, 6) is 1.17. The maximum atomic E-state index is 11.0. The molecule has 0 aromatic rings. The van der Waals surface area contributed by atoms with Gasteiger partial charge in [-0.15, -0.1) is 0 Å². The van der Waals surface area contributed by atoms with Gasteiger partial charge in [-0.25, -0.2) is 0 Å². The van der Waals surface area contributed by atoms with Crippen LogP contribution in [0.5, 0.6) is 0 Å². The molecule has 0 aromatic carbocycles. The van der Waals surface area contributed by atoms with Crippen LogP contribution in [0.2, 0.25) is 0 Å². The van der Waals surface area contributed by atoms with Gasteiger partial charge in [-0.05, 0) is 12.8 Å². The summed E-state index contributed by atoms with van der Waals surface area (Å²) in [5.41, 5.74) is 0. The molecule has 1 aliphatic rings. The summed E-state index contributed by atoms with van der Waals surface area (Å²) in [7, 11) is 0. The number of aliphatic hydroxyl groups is 1. The molecule has 0 bridgehead atoms. The molecule has 3 heteroatoms. The Bertz CT molecular complexity index is 136. The summed E-state index contributed by atoms with van der Waals surface area (Å²) >= 11 is 1.73. The van der Waals surface area contributed by atoms with E-state index in [4.69, 9.17) is 5.11 Å². The fourth-order valence-corrected chi connectivity index (χ4v) is 2.42. The van der Waals surface area contributed by atoms with E-state index in [1.165, 1.54) is 0 Å². The van der Waals surface area contributed by atoms with E-state index in [1.54, 1.807) is 11.8 Å². The fourth-order valence-electron chi connectivity index (χ4n) is 1.35. The lowest BCUT2D eigenvalue weighted by Crippen LogP contribution is -2.17. The Kier molecular flexibility index (Phi) is 3.94. The maximum absolute atomic E-state index is 11.0. The highest BCUT2D eigenvalue weighted by atomic mass is 32.2. The van der Waals surface area contributed by atoms with Gasteiger partial charge >= 0.3 is 0 Å². The number of ketones is 1. The molecule has 0 saturated heterocycles. The summed E-state index contributed by atoms with van der Waals surface area (Å²) in [6.07, 6.45) is 3.69. The van der Waals surface area contributed by atoms with Crippen molar-refractivity contribution in [2.24, 2.45) is 0 Å². The van der Waals surface area contributed by atoms with Crippen LogP contribution in [0.4, 0.5) is 0 Å². The predicted molar refractivity (Wildman–Crippen MR) is 46.8 cm³/mol. The van der Waals surface area contributed by atoms with Crippen LogP contribution in [-0.4, -0.2) is 28.5 Å². The van der Waals surface area contributed by atoms with Crippen LogP contribution < -0.4 is 0 Å². The van der Waals surface area contributed by atoms with Crippen molar-refractivity contribution < 1.29 is 9.90 Å². The van der Waals surface area contributed by atoms with Crippen molar-refractivity contribution in [1.82, 2.24) is 0 Å². The number of thioether (sulfide) groups is 1. The molecular formula is C8H14O2S. The van der Waals surface area contributed by atoms with Crippen LogP contribution in [0.15, 0.2) is 0 Å². The number of rotatable bonds is 3. The number of hydrogen-bond acceptors (Lipinski definition) is 3. The highest BCUT2D eigenvalue weighted by Crippen LogP contribution is 2.25. The first-order valence-electron chi connectivity index (χ1n) is 4.07. The van der Waals surface area contributed by atoms with Crippen molar-refractivity contribution in [2.45, 2.75) is 30.9 Å². The number of hydrogen-bond donors (Lipinski definition) is 1. The molecule has 1 saturated carbocycles. The van der Waals surface area contributed by atoms with E-state index in [0.717, 1.165) is 31.4 Å². The minimum atomic E-state index is 0.232. The quantitative estimate of drug-likeness (QED) is 0.699. The molecule has 1 N–H and O–H groups in total. The molecule has 0 aromatic heterocycles. The first-order chi connectivity index (χ1) is 5.33. The highest BCUT2D eigenvalue weighted by molar-refractivity contribution is 7.99. The third kappa shape index (κ3) is 3.25. The third-order valence-corrected chi connectivity index (χ3v) is 3.17. The Hall–Kier alpha value is -0.0200. The predicted octanol–water partition coefficient (Wildman–Crippen LogP) is 1.22. The van der Waals surface area contributed by atoms with E-state index < -0.39 is 0 Å². The van der Waals surface area contributed by atoms with Gasteiger partial charge in [-0.1, -0.05) is 0 Å². The van der Waals surface area contributed by atoms with E-state index in [2.05, 4.69) is 0 Å². The molecular weight excluding hydrogens is 160 g/mol. The lowest BCUT2D eigenvalue weighted by molar-refractivity contribution is -0.120. The molecule has 1 rings (SSSR count). The van der Waals surface area contributed by atoms with Crippen molar-refractivity contribution in [3.05, 3.63) is 0 Å². The second-order valence-electron chi connectivity index (χ2n) is 2.85. The van der Waals surface area contributed by atoms with Crippen molar-refractivity contribution in [1.29, 1.82) is 0 Å². The van der Waals surface area contributed by atoms with Gasteiger partial charge in [0.15, 0.2) is 0 Å². The number of carbonyl (C=O) groups excluding carboxylic acids is 1. The average Bonchev–Trinajstić information content (AvgIpc) is 2.01. The molecule has 1 atom stereocenters. The average molecular weight is 174 g/mol. The highest BCUT2D eigenvalue weighted by Gasteiger charge is 2.18. The van der Waals surface area contributed by atoms with Crippen molar-refractivity contribution in [2.75, 3.05) is 12.4 Å². The van der Waals surface area contributed by atoms with Gasteiger partial charge in [-0.3, -0.25) is 4.79 Å². The molecule has 0 amide bonds. The second-order valence-corrected chi connectivity index (χ2v) is 4.26. The van der Waals surface area contributed by atoms with Gasteiger partial charge < -0.3 is 5.11 Å². The van der Waals surface area contributed by atoms with E-state index in [-0.39, 0.29) is 6.61 Å². The van der Waals surface area contributed by atoms with Crippen LogP contribution >= 0.6 is 11.8 Å². The van der Waals surface area contributed by atoms with E-state index >= 15 is 0 Å². The fraction of sp³-hybridized carbons (Fsp3) is 0.875. The first kappa shape index (κ1) is 9.07. The lowest BCUT2D eigenvalue weighted by atomic mass is 9.99. The smallest absolute Gasteiger partial charge is 0.134 e. The van der Waals surface area contributed by atoms with Crippen molar-refractivity contribution in [3.8, 4) is 0 Å². The van der Waals surface area contributed by atoms with Gasteiger partial charge in [0.25, 0.3) is 0 Å². The van der Waals surface area contributed by atoms with Crippen LogP contribution in [0.3, 0.4) is 0 Å². The monoisotopic (exact) mass is 174 g/mol. The van der Waals surface area contributed by atoms with Crippen LogP contribution in [0.25, 0.3) is 0 Å². The van der Waals surface area contributed by atoms with Gasteiger partial charge in [0, 0.05) is 23.8 Å². The molecule has 0 spiro atoms. The SMILES string of the molecule is O=C1CCCC(SCCO)C1. The maximum Gasteiger partial charge on any atom is 0.134 e. The first-order valence-corrected chi connectivity index (χ1v) is 5.12. The van der Waals surface area contributed by atoms with Crippen molar-refractivity contribution >= 4 is 17.5 Å². The van der Waals surface area contributed by atoms with E-state index in [9.17, 15) is 4.79 Å². The largest absolute Gasteiger partial charge is 0.396 e. The van der Waals surface area contributed by atoms with Crippen LogP contribution in [0, 0.1) is 0 Å². The number of carbonyl (C=O) groups is 1. The second kappa shape index (κ2) is 4.78. The van der Waals surface area contributed by atoms with Gasteiger partial charge in [0.2, 0.25) is 0 Å². The number of Topliss-reactive ketones (excluding diaryl/α,β-unsaturated/α-hetero) is 1.